The summed E-state index contributed by atoms with van der Waals surface area (Å²) in [6.07, 6.45) is 0. The fraction of sp³-hybridized carbons (Fsp3) is 0.333. The fourth-order valence-corrected chi connectivity index (χ4v) is 2.62. The Morgan fingerprint density at radius 2 is 1.77 bits per heavy atom. The van der Waals surface area contributed by atoms with E-state index in [1.807, 2.05) is 30.3 Å². The second-order valence-electron chi connectivity index (χ2n) is 6.10. The molecule has 0 bridgehead atoms. The molecular formula is C21H27F2IN4O3. The van der Waals surface area contributed by atoms with Gasteiger partial charge in [0, 0.05) is 25.7 Å². The van der Waals surface area contributed by atoms with Crippen molar-refractivity contribution in [3.05, 3.63) is 59.7 Å². The van der Waals surface area contributed by atoms with E-state index in [1.54, 1.807) is 32.2 Å². The van der Waals surface area contributed by atoms with Crippen LogP contribution in [0.4, 0.5) is 8.78 Å². The van der Waals surface area contributed by atoms with Crippen molar-refractivity contribution in [2.24, 2.45) is 4.99 Å². The van der Waals surface area contributed by atoms with Crippen LogP contribution in [0.15, 0.2) is 53.5 Å². The minimum atomic E-state index is -2.98. The maximum Gasteiger partial charge on any atom is 0.387 e. The Morgan fingerprint density at radius 1 is 1.03 bits per heavy atom. The van der Waals surface area contributed by atoms with Crippen molar-refractivity contribution >= 4 is 35.8 Å². The van der Waals surface area contributed by atoms with Crippen molar-refractivity contribution in [3.8, 4) is 11.5 Å². The Balaban J connectivity index is 0.00000480. The van der Waals surface area contributed by atoms with Gasteiger partial charge in [0.25, 0.3) is 0 Å². The summed E-state index contributed by atoms with van der Waals surface area (Å²) in [5.41, 5.74) is 1.46. The van der Waals surface area contributed by atoms with Gasteiger partial charge in [0.1, 0.15) is 0 Å². The molecule has 0 saturated carbocycles. The van der Waals surface area contributed by atoms with Crippen LogP contribution in [0.5, 0.6) is 11.5 Å². The second-order valence-corrected chi connectivity index (χ2v) is 6.10. The lowest BCUT2D eigenvalue weighted by atomic mass is 10.2. The first-order valence-electron chi connectivity index (χ1n) is 9.48. The number of alkyl halides is 2. The highest BCUT2D eigenvalue weighted by atomic mass is 127. The number of benzene rings is 2. The van der Waals surface area contributed by atoms with Crippen LogP contribution in [0.2, 0.25) is 0 Å². The summed E-state index contributed by atoms with van der Waals surface area (Å²) in [7, 11) is 1.55. The average Bonchev–Trinajstić information content (AvgIpc) is 2.74. The Morgan fingerprint density at radius 3 is 2.42 bits per heavy atom. The Hall–Kier alpha value is -2.63. The topological polar surface area (TPSA) is 84.0 Å². The third kappa shape index (κ3) is 9.37. The third-order valence-electron chi connectivity index (χ3n) is 3.99. The van der Waals surface area contributed by atoms with Crippen LogP contribution in [0.1, 0.15) is 18.1 Å². The van der Waals surface area contributed by atoms with Gasteiger partial charge in [-0.2, -0.15) is 8.78 Å². The van der Waals surface area contributed by atoms with E-state index in [2.05, 4.69) is 25.7 Å². The van der Waals surface area contributed by atoms with Gasteiger partial charge in [-0.3, -0.25) is 9.79 Å². The number of hydrogen-bond donors (Lipinski definition) is 3. The monoisotopic (exact) mass is 548 g/mol. The maximum atomic E-state index is 12.8. The standard InChI is InChI=1S/C21H26F2N4O3.HI/c1-3-29-17-11-7-10-16(19(17)30-20(22)23)13-26-21(24-2)27-14-18(28)25-12-15-8-5-4-6-9-15;/h4-11,20H,3,12-14H2,1-2H3,(H,25,28)(H2,24,26,27);1H. The van der Waals surface area contributed by atoms with Gasteiger partial charge < -0.3 is 25.4 Å². The molecule has 0 spiro atoms. The molecule has 2 aromatic carbocycles. The van der Waals surface area contributed by atoms with Crippen LogP contribution in [-0.4, -0.2) is 38.7 Å². The van der Waals surface area contributed by atoms with Crippen LogP contribution < -0.4 is 25.4 Å². The number of guanidine groups is 1. The normalized spacial score (nSPS) is 10.8. The van der Waals surface area contributed by atoms with Crippen molar-refractivity contribution < 1.29 is 23.0 Å². The summed E-state index contributed by atoms with van der Waals surface area (Å²) in [5.74, 6) is 0.342. The summed E-state index contributed by atoms with van der Waals surface area (Å²) in [4.78, 5) is 16.1. The molecule has 2 aromatic rings. The minimum absolute atomic E-state index is 0. The summed E-state index contributed by atoms with van der Waals surface area (Å²) in [5, 5.41) is 8.66. The number of carbonyl (C=O) groups is 1. The van der Waals surface area contributed by atoms with Crippen LogP contribution in [0, 0.1) is 0 Å². The maximum absolute atomic E-state index is 12.8. The molecule has 0 saturated heterocycles. The first-order chi connectivity index (χ1) is 14.5. The second kappa shape index (κ2) is 14.4. The van der Waals surface area contributed by atoms with E-state index in [9.17, 15) is 13.6 Å². The zero-order valence-corrected chi connectivity index (χ0v) is 19.7. The van der Waals surface area contributed by atoms with E-state index in [-0.39, 0.29) is 54.5 Å². The first kappa shape index (κ1) is 26.4. The molecule has 0 atom stereocenters. The summed E-state index contributed by atoms with van der Waals surface area (Å²) in [6.45, 7) is -0.327. The van der Waals surface area contributed by atoms with Gasteiger partial charge in [-0.15, -0.1) is 24.0 Å². The van der Waals surface area contributed by atoms with E-state index in [4.69, 9.17) is 4.74 Å². The number of hydrogen-bond acceptors (Lipinski definition) is 4. The van der Waals surface area contributed by atoms with Crippen LogP contribution in [-0.2, 0) is 17.9 Å². The largest absolute Gasteiger partial charge is 0.490 e. The molecule has 3 N–H and O–H groups in total. The lowest BCUT2D eigenvalue weighted by Crippen LogP contribution is -2.42. The number of rotatable bonds is 10. The molecule has 7 nitrogen and oxygen atoms in total. The van der Waals surface area contributed by atoms with Gasteiger partial charge in [-0.1, -0.05) is 42.5 Å². The van der Waals surface area contributed by atoms with E-state index >= 15 is 0 Å². The lowest BCUT2D eigenvalue weighted by Gasteiger charge is -2.17. The van der Waals surface area contributed by atoms with E-state index in [0.717, 1.165) is 5.56 Å². The number of ether oxygens (including phenoxy) is 2. The van der Waals surface area contributed by atoms with Crippen molar-refractivity contribution in [1.82, 2.24) is 16.0 Å². The number of halogens is 3. The summed E-state index contributed by atoms with van der Waals surface area (Å²) in [6, 6.07) is 14.4. The molecule has 0 unspecified atom stereocenters. The molecule has 31 heavy (non-hydrogen) atoms. The molecule has 0 aliphatic rings. The number of amides is 1. The number of nitrogens with zero attached hydrogens (tertiary/aromatic N) is 1. The average molecular weight is 548 g/mol. The lowest BCUT2D eigenvalue weighted by molar-refractivity contribution is -0.120. The Kier molecular flexibility index (Phi) is 12.3. The highest BCUT2D eigenvalue weighted by molar-refractivity contribution is 14.0. The van der Waals surface area contributed by atoms with Crippen LogP contribution in [0.3, 0.4) is 0 Å². The van der Waals surface area contributed by atoms with Crippen molar-refractivity contribution in [1.29, 1.82) is 0 Å². The van der Waals surface area contributed by atoms with Gasteiger partial charge in [-0.05, 0) is 18.6 Å². The van der Waals surface area contributed by atoms with Gasteiger partial charge >= 0.3 is 6.61 Å². The van der Waals surface area contributed by atoms with Crippen molar-refractivity contribution in [2.75, 3.05) is 20.2 Å². The van der Waals surface area contributed by atoms with Crippen molar-refractivity contribution in [3.63, 3.8) is 0 Å². The van der Waals surface area contributed by atoms with Crippen molar-refractivity contribution in [2.45, 2.75) is 26.6 Å². The molecule has 0 radical (unpaired) electrons. The van der Waals surface area contributed by atoms with Gasteiger partial charge in [0.15, 0.2) is 17.5 Å². The SMILES string of the molecule is CCOc1cccc(CNC(=NC)NCC(=O)NCc2ccccc2)c1OC(F)F.I. The van der Waals surface area contributed by atoms with Gasteiger partial charge in [0.2, 0.25) is 5.91 Å². The Bertz CT molecular complexity index is 839. The number of aliphatic imine (C=N–C) groups is 1. The smallest absolute Gasteiger partial charge is 0.387 e. The number of para-hydroxylation sites is 1. The zero-order chi connectivity index (χ0) is 21.8. The number of nitrogens with one attached hydrogen (secondary N) is 3. The molecular weight excluding hydrogens is 521 g/mol. The van der Waals surface area contributed by atoms with E-state index in [0.29, 0.717) is 24.7 Å². The molecule has 1 amide bonds. The highest BCUT2D eigenvalue weighted by Gasteiger charge is 2.16. The highest BCUT2D eigenvalue weighted by Crippen LogP contribution is 2.32. The molecule has 0 aromatic heterocycles. The summed E-state index contributed by atoms with van der Waals surface area (Å²) < 4.78 is 35.6. The Labute approximate surface area is 197 Å². The van der Waals surface area contributed by atoms with Gasteiger partial charge in [0.05, 0.1) is 13.2 Å². The summed E-state index contributed by atoms with van der Waals surface area (Å²) >= 11 is 0. The van der Waals surface area contributed by atoms with E-state index in [1.165, 1.54) is 0 Å². The third-order valence-corrected chi connectivity index (χ3v) is 3.99. The molecule has 10 heteroatoms. The molecule has 0 aliphatic carbocycles. The van der Waals surface area contributed by atoms with Gasteiger partial charge in [-0.25, -0.2) is 0 Å². The predicted octanol–water partition coefficient (Wildman–Crippen LogP) is 3.29. The number of carbonyl (C=O) groups excluding carboxylic acids is 1. The molecule has 0 aliphatic heterocycles. The molecule has 0 heterocycles. The molecule has 2 rings (SSSR count). The van der Waals surface area contributed by atoms with E-state index < -0.39 is 6.61 Å². The fourth-order valence-electron chi connectivity index (χ4n) is 2.62. The minimum Gasteiger partial charge on any atom is -0.490 e. The molecule has 170 valence electrons. The molecule has 0 fully saturated rings. The predicted molar refractivity (Wildman–Crippen MR) is 126 cm³/mol. The quantitative estimate of drug-likeness (QED) is 0.241. The van der Waals surface area contributed by atoms with Crippen LogP contribution in [0.25, 0.3) is 0 Å². The van der Waals surface area contributed by atoms with Crippen LogP contribution >= 0.6 is 24.0 Å². The zero-order valence-electron chi connectivity index (χ0n) is 17.4. The first-order valence-corrected chi connectivity index (χ1v) is 9.48.